The number of carbonyl (C=O) groups is 1. The van der Waals surface area contributed by atoms with Gasteiger partial charge < -0.3 is 4.90 Å². The molecule has 0 aliphatic carbocycles. The van der Waals surface area contributed by atoms with E-state index in [9.17, 15) is 13.2 Å². The molecule has 1 aliphatic rings. The Morgan fingerprint density at radius 2 is 1.77 bits per heavy atom. The summed E-state index contributed by atoms with van der Waals surface area (Å²) >= 11 is 6.33. The van der Waals surface area contributed by atoms with Gasteiger partial charge in [-0.1, -0.05) is 40.3 Å². The largest absolute Gasteiger partial charge is 0.336 e. The first-order valence-electron chi connectivity index (χ1n) is 9.66. The molecule has 0 N–H and O–H groups in total. The van der Waals surface area contributed by atoms with Crippen molar-refractivity contribution in [3.05, 3.63) is 64.7 Å². The minimum Gasteiger partial charge on any atom is -0.336 e. The van der Waals surface area contributed by atoms with Crippen molar-refractivity contribution in [2.45, 2.75) is 17.9 Å². The second-order valence-corrected chi connectivity index (χ2v) is 9.49. The number of amides is 1. The van der Waals surface area contributed by atoms with E-state index in [0.29, 0.717) is 31.7 Å². The van der Waals surface area contributed by atoms with Crippen molar-refractivity contribution in [2.24, 2.45) is 0 Å². The van der Waals surface area contributed by atoms with Gasteiger partial charge >= 0.3 is 0 Å². The van der Waals surface area contributed by atoms with Crippen LogP contribution in [-0.2, 0) is 14.9 Å². The molecule has 1 fully saturated rings. The molecule has 1 unspecified atom stereocenters. The Kier molecular flexibility index (Phi) is 7.15. The summed E-state index contributed by atoms with van der Waals surface area (Å²) in [5.74, 6) is -0.183. The maximum absolute atomic E-state index is 13.0. The van der Waals surface area contributed by atoms with E-state index in [4.69, 9.17) is 16.4 Å². The summed E-state index contributed by atoms with van der Waals surface area (Å²) in [4.78, 5) is 21.8. The lowest BCUT2D eigenvalue weighted by atomic mass is 10.1. The SMILES string of the molecule is CON(C)S(=O)(=O)c1cccc(C(=O)N2CCN(C(C)c3ccccc3Cl)CC2)c1. The molecule has 0 aromatic heterocycles. The average molecular weight is 452 g/mol. The standard InChI is InChI=1S/C21H26ClN3O4S/c1-16(19-9-4-5-10-20(19)22)24-11-13-25(14-12-24)21(26)17-7-6-8-18(15-17)30(27,28)23(2)29-3/h4-10,15-16H,11-14H2,1-3H3. The smallest absolute Gasteiger partial charge is 0.264 e. The molecule has 9 heteroatoms. The van der Waals surface area contributed by atoms with Gasteiger partial charge in [-0.25, -0.2) is 8.42 Å². The van der Waals surface area contributed by atoms with Gasteiger partial charge in [-0.05, 0) is 36.8 Å². The van der Waals surface area contributed by atoms with Gasteiger partial charge in [0.2, 0.25) is 0 Å². The van der Waals surface area contributed by atoms with E-state index in [1.807, 2.05) is 24.3 Å². The highest BCUT2D eigenvalue weighted by molar-refractivity contribution is 7.89. The number of hydroxylamine groups is 1. The molecule has 2 aromatic carbocycles. The number of benzene rings is 2. The van der Waals surface area contributed by atoms with E-state index >= 15 is 0 Å². The van der Waals surface area contributed by atoms with Gasteiger partial charge in [0.05, 0.1) is 12.0 Å². The van der Waals surface area contributed by atoms with Crippen LogP contribution in [0.15, 0.2) is 53.4 Å². The second kappa shape index (κ2) is 9.45. The van der Waals surface area contributed by atoms with Crippen molar-refractivity contribution in [2.75, 3.05) is 40.3 Å². The Morgan fingerprint density at radius 1 is 1.10 bits per heavy atom. The van der Waals surface area contributed by atoms with Crippen LogP contribution < -0.4 is 0 Å². The first-order valence-corrected chi connectivity index (χ1v) is 11.5. The van der Waals surface area contributed by atoms with Gasteiger partial charge in [-0.3, -0.25) is 14.5 Å². The Hall–Kier alpha value is -1.97. The van der Waals surface area contributed by atoms with Gasteiger partial charge in [0.25, 0.3) is 15.9 Å². The van der Waals surface area contributed by atoms with Crippen LogP contribution in [0.25, 0.3) is 0 Å². The summed E-state index contributed by atoms with van der Waals surface area (Å²) in [7, 11) is -1.23. The van der Waals surface area contributed by atoms with Crippen LogP contribution in [0.1, 0.15) is 28.9 Å². The third-order valence-corrected chi connectivity index (χ3v) is 7.50. The molecule has 0 spiro atoms. The van der Waals surface area contributed by atoms with Crippen LogP contribution in [0, 0.1) is 0 Å². The fraction of sp³-hybridized carbons (Fsp3) is 0.381. The highest BCUT2D eigenvalue weighted by Gasteiger charge is 2.27. The molecule has 1 heterocycles. The van der Waals surface area contributed by atoms with Crippen molar-refractivity contribution in [1.29, 1.82) is 0 Å². The van der Waals surface area contributed by atoms with Crippen LogP contribution in [0.4, 0.5) is 0 Å². The number of halogens is 1. The lowest BCUT2D eigenvalue weighted by Crippen LogP contribution is -2.49. The van der Waals surface area contributed by atoms with Crippen LogP contribution >= 0.6 is 11.6 Å². The van der Waals surface area contributed by atoms with Gasteiger partial charge in [0.15, 0.2) is 0 Å². The zero-order valence-electron chi connectivity index (χ0n) is 17.3. The first kappa shape index (κ1) is 22.7. The molecule has 1 saturated heterocycles. The molecule has 162 valence electrons. The molecule has 1 atom stereocenters. The predicted molar refractivity (Wildman–Crippen MR) is 116 cm³/mol. The predicted octanol–water partition coefficient (Wildman–Crippen LogP) is 3.04. The van der Waals surface area contributed by atoms with Gasteiger partial charge in [-0.15, -0.1) is 0 Å². The number of nitrogens with zero attached hydrogens (tertiary/aromatic N) is 3. The van der Waals surface area contributed by atoms with Gasteiger partial charge in [-0.2, -0.15) is 0 Å². The summed E-state index contributed by atoms with van der Waals surface area (Å²) in [6.07, 6.45) is 0. The van der Waals surface area contributed by atoms with E-state index < -0.39 is 10.0 Å². The summed E-state index contributed by atoms with van der Waals surface area (Å²) in [6, 6.07) is 14.0. The Morgan fingerprint density at radius 3 is 2.40 bits per heavy atom. The number of piperazine rings is 1. The van der Waals surface area contributed by atoms with Crippen LogP contribution in [0.5, 0.6) is 0 Å². The normalized spacial score (nSPS) is 16.6. The highest BCUT2D eigenvalue weighted by atomic mass is 35.5. The number of carbonyl (C=O) groups excluding carboxylic acids is 1. The Balaban J connectivity index is 1.69. The van der Waals surface area contributed by atoms with Crippen molar-refractivity contribution in [3.8, 4) is 0 Å². The van der Waals surface area contributed by atoms with Crippen LogP contribution in [-0.4, -0.2) is 68.9 Å². The maximum atomic E-state index is 13.0. The molecule has 1 aliphatic heterocycles. The van der Waals surface area contributed by atoms with Crippen molar-refractivity contribution >= 4 is 27.5 Å². The quantitative estimate of drug-likeness (QED) is 0.631. The minimum atomic E-state index is -3.81. The monoisotopic (exact) mass is 451 g/mol. The molecule has 0 radical (unpaired) electrons. The summed E-state index contributed by atoms with van der Waals surface area (Å²) in [5.41, 5.74) is 1.41. The molecule has 0 saturated carbocycles. The maximum Gasteiger partial charge on any atom is 0.264 e. The third-order valence-electron chi connectivity index (χ3n) is 5.48. The number of rotatable bonds is 6. The molecule has 7 nitrogen and oxygen atoms in total. The highest BCUT2D eigenvalue weighted by Crippen LogP contribution is 2.28. The van der Waals surface area contributed by atoms with E-state index in [1.165, 1.54) is 26.3 Å². The lowest BCUT2D eigenvalue weighted by molar-refractivity contribution is -0.0258. The molecule has 3 rings (SSSR count). The average Bonchev–Trinajstić information content (AvgIpc) is 2.78. The van der Waals surface area contributed by atoms with E-state index in [2.05, 4.69) is 11.8 Å². The van der Waals surface area contributed by atoms with Crippen LogP contribution in [0.3, 0.4) is 0 Å². The van der Waals surface area contributed by atoms with Crippen LogP contribution in [0.2, 0.25) is 5.02 Å². The zero-order chi connectivity index (χ0) is 21.9. The summed E-state index contributed by atoms with van der Waals surface area (Å²) < 4.78 is 25.7. The molecule has 0 bridgehead atoms. The lowest BCUT2D eigenvalue weighted by Gasteiger charge is -2.38. The number of sulfonamides is 1. The van der Waals surface area contributed by atoms with Crippen molar-refractivity contribution in [3.63, 3.8) is 0 Å². The Labute approximate surface area is 182 Å². The van der Waals surface area contributed by atoms with E-state index in [1.54, 1.807) is 17.0 Å². The number of hydrogen-bond acceptors (Lipinski definition) is 5. The van der Waals surface area contributed by atoms with Gasteiger partial charge in [0.1, 0.15) is 0 Å². The fourth-order valence-corrected chi connectivity index (χ4v) is 4.85. The van der Waals surface area contributed by atoms with E-state index in [-0.39, 0.29) is 16.8 Å². The van der Waals surface area contributed by atoms with Gasteiger partial charge in [0, 0.05) is 49.9 Å². The van der Waals surface area contributed by atoms with Crippen molar-refractivity contribution < 1.29 is 18.0 Å². The summed E-state index contributed by atoms with van der Waals surface area (Å²) in [5, 5.41) is 0.738. The molecular weight excluding hydrogens is 426 g/mol. The van der Waals surface area contributed by atoms with E-state index in [0.717, 1.165) is 15.1 Å². The Bertz CT molecular complexity index is 1010. The second-order valence-electron chi connectivity index (χ2n) is 7.15. The zero-order valence-corrected chi connectivity index (χ0v) is 18.9. The summed E-state index contributed by atoms with van der Waals surface area (Å²) in [6.45, 7) is 4.65. The molecule has 30 heavy (non-hydrogen) atoms. The topological polar surface area (TPSA) is 70.2 Å². The molecule has 2 aromatic rings. The molecular formula is C21H26ClN3O4S. The van der Waals surface area contributed by atoms with Crippen molar-refractivity contribution in [1.82, 2.24) is 14.3 Å². The third kappa shape index (κ3) is 4.68. The first-order chi connectivity index (χ1) is 14.3. The minimum absolute atomic E-state index is 0.0173. The fourth-order valence-electron chi connectivity index (χ4n) is 3.54. The molecule has 1 amide bonds. The number of hydrogen-bond donors (Lipinski definition) is 0.